The van der Waals surface area contributed by atoms with E-state index in [1.807, 2.05) is 27.0 Å². The van der Waals surface area contributed by atoms with Gasteiger partial charge >= 0.3 is 6.09 Å². The van der Waals surface area contributed by atoms with E-state index in [4.69, 9.17) is 10.5 Å². The van der Waals surface area contributed by atoms with Gasteiger partial charge in [-0.1, -0.05) is 0 Å². The fourth-order valence-electron chi connectivity index (χ4n) is 2.77. The third kappa shape index (κ3) is 5.57. The summed E-state index contributed by atoms with van der Waals surface area (Å²) in [6.07, 6.45) is 6.89. The molecule has 0 unspecified atom stereocenters. The van der Waals surface area contributed by atoms with Crippen LogP contribution in [0.4, 0.5) is 4.79 Å². The lowest BCUT2D eigenvalue weighted by atomic mass is 9.84. The molecule has 6 heteroatoms. The van der Waals surface area contributed by atoms with E-state index in [1.165, 1.54) is 5.01 Å². The molecule has 124 valence electrons. The fourth-order valence-corrected chi connectivity index (χ4v) is 3.68. The molecule has 1 aromatic rings. The van der Waals surface area contributed by atoms with Crippen LogP contribution in [0.3, 0.4) is 0 Å². The van der Waals surface area contributed by atoms with E-state index in [-0.39, 0.29) is 12.1 Å². The number of carbonyl (C=O) groups excluding carboxylic acids is 1. The minimum Gasteiger partial charge on any atom is -0.444 e. The summed E-state index contributed by atoms with van der Waals surface area (Å²) >= 11 is 1.72. The van der Waals surface area contributed by atoms with E-state index < -0.39 is 5.60 Å². The predicted molar refractivity (Wildman–Crippen MR) is 88.8 cm³/mol. The predicted octanol–water partition coefficient (Wildman–Crippen LogP) is 3.23. The summed E-state index contributed by atoms with van der Waals surface area (Å²) in [4.78, 5) is 17.4. The van der Waals surface area contributed by atoms with Gasteiger partial charge in [0.05, 0.1) is 5.01 Å². The normalized spacial score (nSPS) is 22.4. The van der Waals surface area contributed by atoms with Crippen LogP contribution in [0.15, 0.2) is 6.20 Å². The smallest absolute Gasteiger partial charge is 0.407 e. The SMILES string of the molecule is CC(C)(C)OC(=O)NC1CCC(Cc2ncc(CN)s2)CC1. The van der Waals surface area contributed by atoms with Gasteiger partial charge in [0.25, 0.3) is 0 Å². The first-order valence-corrected chi connectivity index (χ1v) is 8.80. The van der Waals surface area contributed by atoms with Crippen LogP contribution in [0.1, 0.15) is 56.3 Å². The summed E-state index contributed by atoms with van der Waals surface area (Å²) in [5.74, 6) is 0.661. The molecule has 0 aromatic carbocycles. The zero-order valence-electron chi connectivity index (χ0n) is 13.7. The van der Waals surface area contributed by atoms with Gasteiger partial charge in [-0.3, -0.25) is 0 Å². The summed E-state index contributed by atoms with van der Waals surface area (Å²) in [6, 6.07) is 0.238. The van der Waals surface area contributed by atoms with Crippen molar-refractivity contribution in [1.82, 2.24) is 10.3 Å². The highest BCUT2D eigenvalue weighted by Crippen LogP contribution is 2.28. The van der Waals surface area contributed by atoms with Crippen LogP contribution < -0.4 is 11.1 Å². The van der Waals surface area contributed by atoms with Gasteiger partial charge in [0.15, 0.2) is 0 Å². The lowest BCUT2D eigenvalue weighted by Gasteiger charge is -2.29. The number of carbonyl (C=O) groups is 1. The van der Waals surface area contributed by atoms with Gasteiger partial charge in [-0.15, -0.1) is 11.3 Å². The molecule has 1 fully saturated rings. The van der Waals surface area contributed by atoms with Gasteiger partial charge in [0, 0.05) is 30.1 Å². The Morgan fingerprint density at radius 1 is 1.41 bits per heavy atom. The topological polar surface area (TPSA) is 77.2 Å². The molecule has 3 N–H and O–H groups in total. The molecule has 0 radical (unpaired) electrons. The van der Waals surface area contributed by atoms with Crippen molar-refractivity contribution in [3.05, 3.63) is 16.1 Å². The van der Waals surface area contributed by atoms with Gasteiger partial charge in [-0.05, 0) is 52.4 Å². The molecule has 22 heavy (non-hydrogen) atoms. The molecule has 0 atom stereocenters. The van der Waals surface area contributed by atoms with Crippen LogP contribution in [-0.2, 0) is 17.7 Å². The fraction of sp³-hybridized carbons (Fsp3) is 0.750. The maximum absolute atomic E-state index is 11.8. The Labute approximate surface area is 136 Å². The number of hydrogen-bond donors (Lipinski definition) is 2. The van der Waals surface area contributed by atoms with Crippen molar-refractivity contribution in [3.63, 3.8) is 0 Å². The quantitative estimate of drug-likeness (QED) is 0.891. The summed E-state index contributed by atoms with van der Waals surface area (Å²) in [6.45, 7) is 6.22. The average molecular weight is 325 g/mol. The number of ether oxygens (including phenoxy) is 1. The standard InChI is InChI=1S/C16H27N3O2S/c1-16(2,3)21-15(20)19-12-6-4-11(5-7-12)8-14-18-10-13(9-17)22-14/h10-12H,4-9,17H2,1-3H3,(H,19,20). The second-order valence-corrected chi connectivity index (χ2v) is 8.19. The number of alkyl carbamates (subject to hydrolysis) is 1. The van der Waals surface area contributed by atoms with Crippen molar-refractivity contribution in [2.24, 2.45) is 11.7 Å². The highest BCUT2D eigenvalue weighted by molar-refractivity contribution is 7.11. The number of aromatic nitrogens is 1. The van der Waals surface area contributed by atoms with Crippen LogP contribution in [0, 0.1) is 5.92 Å². The number of rotatable bonds is 4. The Morgan fingerprint density at radius 3 is 2.64 bits per heavy atom. The Hall–Kier alpha value is -1.14. The highest BCUT2D eigenvalue weighted by Gasteiger charge is 2.25. The van der Waals surface area contributed by atoms with Crippen molar-refractivity contribution in [2.75, 3.05) is 0 Å². The molecule has 0 bridgehead atoms. The monoisotopic (exact) mass is 325 g/mol. The molecular weight excluding hydrogens is 298 g/mol. The Balaban J connectivity index is 1.72. The van der Waals surface area contributed by atoms with Gasteiger partial charge in [-0.25, -0.2) is 9.78 Å². The Morgan fingerprint density at radius 2 is 2.09 bits per heavy atom. The average Bonchev–Trinajstić information content (AvgIpc) is 2.86. The van der Waals surface area contributed by atoms with E-state index in [9.17, 15) is 4.79 Å². The first-order chi connectivity index (χ1) is 10.4. The number of nitrogens with two attached hydrogens (primary N) is 1. The van der Waals surface area contributed by atoms with Crippen molar-refractivity contribution >= 4 is 17.4 Å². The molecule has 0 aliphatic heterocycles. The second-order valence-electron chi connectivity index (χ2n) is 6.99. The van der Waals surface area contributed by atoms with E-state index in [2.05, 4.69) is 10.3 Å². The van der Waals surface area contributed by atoms with Gasteiger partial charge in [-0.2, -0.15) is 0 Å². The van der Waals surface area contributed by atoms with E-state index >= 15 is 0 Å². The zero-order chi connectivity index (χ0) is 16.2. The van der Waals surface area contributed by atoms with Crippen LogP contribution in [0.25, 0.3) is 0 Å². The van der Waals surface area contributed by atoms with Crippen LogP contribution in [0.5, 0.6) is 0 Å². The third-order valence-electron chi connectivity index (χ3n) is 3.83. The van der Waals surface area contributed by atoms with Crippen molar-refractivity contribution in [2.45, 2.75) is 71.1 Å². The molecule has 0 spiro atoms. The van der Waals surface area contributed by atoms with E-state index in [1.54, 1.807) is 11.3 Å². The molecule has 2 rings (SSSR count). The zero-order valence-corrected chi connectivity index (χ0v) is 14.5. The molecule has 1 amide bonds. The van der Waals surface area contributed by atoms with Crippen LogP contribution in [-0.4, -0.2) is 22.7 Å². The largest absolute Gasteiger partial charge is 0.444 e. The summed E-state index contributed by atoms with van der Waals surface area (Å²) < 4.78 is 5.31. The first kappa shape index (κ1) is 17.2. The molecule has 1 saturated carbocycles. The number of nitrogens with zero attached hydrogens (tertiary/aromatic N) is 1. The molecule has 1 aliphatic rings. The summed E-state index contributed by atoms with van der Waals surface area (Å²) in [5.41, 5.74) is 5.19. The number of nitrogens with one attached hydrogen (secondary N) is 1. The van der Waals surface area contributed by atoms with E-state index in [0.29, 0.717) is 12.5 Å². The maximum Gasteiger partial charge on any atom is 0.407 e. The molecular formula is C16H27N3O2S. The number of thiazole rings is 1. The lowest BCUT2D eigenvalue weighted by molar-refractivity contribution is 0.0487. The second kappa shape index (κ2) is 7.42. The van der Waals surface area contributed by atoms with Crippen molar-refractivity contribution < 1.29 is 9.53 Å². The molecule has 1 aromatic heterocycles. The van der Waals surface area contributed by atoms with Crippen LogP contribution >= 0.6 is 11.3 Å². The first-order valence-electron chi connectivity index (χ1n) is 7.99. The third-order valence-corrected chi connectivity index (χ3v) is 4.88. The van der Waals surface area contributed by atoms with Gasteiger partial charge < -0.3 is 15.8 Å². The van der Waals surface area contributed by atoms with Gasteiger partial charge in [0.2, 0.25) is 0 Å². The Bertz CT molecular complexity index is 488. The Kier molecular flexibility index (Phi) is 5.81. The van der Waals surface area contributed by atoms with Gasteiger partial charge in [0.1, 0.15) is 5.60 Å². The number of hydrogen-bond acceptors (Lipinski definition) is 5. The molecule has 1 aliphatic carbocycles. The van der Waals surface area contributed by atoms with Crippen LogP contribution in [0.2, 0.25) is 0 Å². The molecule has 1 heterocycles. The number of amides is 1. The minimum absolute atomic E-state index is 0.238. The summed E-state index contributed by atoms with van der Waals surface area (Å²) in [5, 5.41) is 4.17. The maximum atomic E-state index is 11.8. The molecule has 0 saturated heterocycles. The van der Waals surface area contributed by atoms with E-state index in [0.717, 1.165) is 37.0 Å². The summed E-state index contributed by atoms with van der Waals surface area (Å²) in [7, 11) is 0. The van der Waals surface area contributed by atoms with Crippen molar-refractivity contribution in [3.8, 4) is 0 Å². The lowest BCUT2D eigenvalue weighted by Crippen LogP contribution is -2.41. The van der Waals surface area contributed by atoms with Crippen molar-refractivity contribution in [1.29, 1.82) is 0 Å². The molecule has 5 nitrogen and oxygen atoms in total. The highest BCUT2D eigenvalue weighted by atomic mass is 32.1. The minimum atomic E-state index is -0.438.